The fraction of sp³-hybridized carbons (Fsp3) is 0.500. The predicted molar refractivity (Wildman–Crippen MR) is 83.4 cm³/mol. The first kappa shape index (κ1) is 14.2. The number of imidazole rings is 1. The summed E-state index contributed by atoms with van der Waals surface area (Å²) < 4.78 is 2.13. The average molecular weight is 313 g/mol. The van der Waals surface area contributed by atoms with Gasteiger partial charge in [-0.25, -0.2) is 9.97 Å². The third kappa shape index (κ3) is 2.91. The molecule has 0 bridgehead atoms. The van der Waals surface area contributed by atoms with Crippen LogP contribution in [0.5, 0.6) is 0 Å². The zero-order valence-corrected chi connectivity index (χ0v) is 12.8. The van der Waals surface area contributed by atoms with Crippen LogP contribution < -0.4 is 10.9 Å². The van der Waals surface area contributed by atoms with Gasteiger partial charge in [0.05, 0.1) is 6.04 Å². The van der Waals surface area contributed by atoms with Crippen LogP contribution in [0.1, 0.15) is 59.8 Å². The molecule has 2 aromatic heterocycles. The summed E-state index contributed by atoms with van der Waals surface area (Å²) in [6, 6.07) is 1.49. The summed E-state index contributed by atoms with van der Waals surface area (Å²) in [4.78, 5) is 35.4. The molecule has 3 heterocycles. The monoisotopic (exact) mass is 313 g/mol. The molecule has 7 heteroatoms. The summed E-state index contributed by atoms with van der Waals surface area (Å²) in [7, 11) is 0. The van der Waals surface area contributed by atoms with Gasteiger partial charge in [-0.1, -0.05) is 0 Å². The van der Waals surface area contributed by atoms with Gasteiger partial charge in [-0.05, 0) is 25.7 Å². The highest BCUT2D eigenvalue weighted by Crippen LogP contribution is 2.37. The Morgan fingerprint density at radius 2 is 2.26 bits per heavy atom. The van der Waals surface area contributed by atoms with E-state index in [2.05, 4.69) is 24.8 Å². The van der Waals surface area contributed by atoms with Crippen molar-refractivity contribution in [2.75, 3.05) is 6.54 Å². The second-order valence-corrected chi connectivity index (χ2v) is 6.30. The van der Waals surface area contributed by atoms with Crippen molar-refractivity contribution >= 4 is 5.91 Å². The highest BCUT2D eigenvalue weighted by Gasteiger charge is 2.27. The third-order valence-corrected chi connectivity index (χ3v) is 4.53. The van der Waals surface area contributed by atoms with Gasteiger partial charge in [0.15, 0.2) is 0 Å². The van der Waals surface area contributed by atoms with Crippen molar-refractivity contribution in [3.63, 3.8) is 0 Å². The molecule has 1 atom stereocenters. The number of carbonyl (C=O) groups excluding carboxylic acids is 1. The van der Waals surface area contributed by atoms with Gasteiger partial charge < -0.3 is 14.9 Å². The van der Waals surface area contributed by atoms with E-state index in [0.29, 0.717) is 18.3 Å². The number of H-pyrrole nitrogens is 1. The van der Waals surface area contributed by atoms with Crippen LogP contribution in [0.4, 0.5) is 0 Å². The molecule has 7 nitrogen and oxygen atoms in total. The molecule has 1 unspecified atom stereocenters. The first-order valence-corrected chi connectivity index (χ1v) is 8.12. The van der Waals surface area contributed by atoms with Gasteiger partial charge in [0.1, 0.15) is 17.3 Å². The Hall–Kier alpha value is -2.44. The van der Waals surface area contributed by atoms with E-state index in [0.717, 1.165) is 37.9 Å². The SMILES string of the molecule is O=C(NCC1CCCc2nccn21)c1cc(=O)[nH]c(C2CC2)n1. The maximum atomic E-state index is 12.3. The number of aromatic amines is 1. The van der Waals surface area contributed by atoms with Gasteiger partial charge in [0, 0.05) is 37.3 Å². The summed E-state index contributed by atoms with van der Waals surface area (Å²) in [5.74, 6) is 1.73. The van der Waals surface area contributed by atoms with E-state index < -0.39 is 0 Å². The molecule has 1 fully saturated rings. The Kier molecular flexibility index (Phi) is 3.48. The number of nitrogens with zero attached hydrogens (tertiary/aromatic N) is 3. The van der Waals surface area contributed by atoms with E-state index in [4.69, 9.17) is 0 Å². The topological polar surface area (TPSA) is 92.7 Å². The second-order valence-electron chi connectivity index (χ2n) is 6.30. The van der Waals surface area contributed by atoms with Crippen molar-refractivity contribution in [1.29, 1.82) is 0 Å². The van der Waals surface area contributed by atoms with Gasteiger partial charge in [-0.3, -0.25) is 9.59 Å². The summed E-state index contributed by atoms with van der Waals surface area (Å²) in [6.07, 6.45) is 8.89. The highest BCUT2D eigenvalue weighted by molar-refractivity contribution is 5.92. The maximum absolute atomic E-state index is 12.3. The molecule has 0 aromatic carbocycles. The number of amides is 1. The summed E-state index contributed by atoms with van der Waals surface area (Å²) >= 11 is 0. The number of carbonyl (C=O) groups is 1. The van der Waals surface area contributed by atoms with Crippen LogP contribution in [0.3, 0.4) is 0 Å². The first-order valence-electron chi connectivity index (χ1n) is 8.12. The summed E-state index contributed by atoms with van der Waals surface area (Å²) in [5.41, 5.74) is -0.0565. The van der Waals surface area contributed by atoms with Crippen molar-refractivity contribution in [2.45, 2.75) is 44.1 Å². The van der Waals surface area contributed by atoms with Crippen LogP contribution in [0.15, 0.2) is 23.3 Å². The fourth-order valence-electron chi connectivity index (χ4n) is 3.15. The molecule has 0 radical (unpaired) electrons. The number of hydrogen-bond donors (Lipinski definition) is 2. The van der Waals surface area contributed by atoms with Crippen molar-refractivity contribution in [1.82, 2.24) is 24.8 Å². The molecule has 4 rings (SSSR count). The zero-order chi connectivity index (χ0) is 15.8. The van der Waals surface area contributed by atoms with E-state index in [9.17, 15) is 9.59 Å². The molecule has 2 N–H and O–H groups in total. The average Bonchev–Trinajstić information content (AvgIpc) is 3.29. The molecule has 1 aliphatic heterocycles. The van der Waals surface area contributed by atoms with Crippen molar-refractivity contribution in [2.24, 2.45) is 0 Å². The molecule has 0 spiro atoms. The van der Waals surface area contributed by atoms with Crippen LogP contribution in [0.25, 0.3) is 0 Å². The van der Waals surface area contributed by atoms with E-state index in [1.54, 1.807) is 6.20 Å². The van der Waals surface area contributed by atoms with Gasteiger partial charge in [-0.15, -0.1) is 0 Å². The molecular formula is C16H19N5O2. The van der Waals surface area contributed by atoms with E-state index >= 15 is 0 Å². The lowest BCUT2D eigenvalue weighted by Gasteiger charge is -2.25. The number of nitrogens with one attached hydrogen (secondary N) is 2. The predicted octanol–water partition coefficient (Wildman–Crippen LogP) is 1.15. The smallest absolute Gasteiger partial charge is 0.270 e. The third-order valence-electron chi connectivity index (χ3n) is 4.53. The Balaban J connectivity index is 1.46. The highest BCUT2D eigenvalue weighted by atomic mass is 16.2. The van der Waals surface area contributed by atoms with E-state index in [1.807, 2.05) is 6.20 Å². The Bertz CT molecular complexity index is 790. The van der Waals surface area contributed by atoms with Crippen LogP contribution >= 0.6 is 0 Å². The normalized spacial score (nSPS) is 20.1. The Morgan fingerprint density at radius 3 is 3.09 bits per heavy atom. The number of aromatic nitrogens is 4. The van der Waals surface area contributed by atoms with E-state index in [1.165, 1.54) is 6.07 Å². The standard InChI is InChI=1S/C16H19N5O2/c22-14-8-12(19-15(20-14)10-4-5-10)16(23)18-9-11-2-1-3-13-17-6-7-21(11)13/h6-8,10-11H,1-5,9H2,(H,18,23)(H,19,20,22). The Morgan fingerprint density at radius 1 is 1.39 bits per heavy atom. The largest absolute Gasteiger partial charge is 0.349 e. The summed E-state index contributed by atoms with van der Waals surface area (Å²) in [5, 5.41) is 2.91. The number of hydrogen-bond acceptors (Lipinski definition) is 4. The second kappa shape index (κ2) is 5.64. The maximum Gasteiger partial charge on any atom is 0.270 e. The summed E-state index contributed by atoms with van der Waals surface area (Å²) in [6.45, 7) is 0.523. The lowest BCUT2D eigenvalue weighted by Crippen LogP contribution is -2.34. The first-order chi connectivity index (χ1) is 11.2. The molecule has 1 aliphatic carbocycles. The zero-order valence-electron chi connectivity index (χ0n) is 12.8. The van der Waals surface area contributed by atoms with Gasteiger partial charge in [0.25, 0.3) is 11.5 Å². The Labute approximate surface area is 133 Å². The van der Waals surface area contributed by atoms with Crippen LogP contribution in [-0.4, -0.2) is 32.0 Å². The molecule has 2 aliphatic rings. The van der Waals surface area contributed by atoms with Crippen LogP contribution in [0.2, 0.25) is 0 Å². The fourth-order valence-corrected chi connectivity index (χ4v) is 3.15. The molecule has 0 saturated heterocycles. The molecule has 1 saturated carbocycles. The van der Waals surface area contributed by atoms with Gasteiger partial charge >= 0.3 is 0 Å². The lowest BCUT2D eigenvalue weighted by atomic mass is 10.0. The van der Waals surface area contributed by atoms with Crippen LogP contribution in [-0.2, 0) is 6.42 Å². The molecular weight excluding hydrogens is 294 g/mol. The van der Waals surface area contributed by atoms with Gasteiger partial charge in [-0.2, -0.15) is 0 Å². The number of rotatable bonds is 4. The minimum absolute atomic E-state index is 0.206. The van der Waals surface area contributed by atoms with Gasteiger partial charge in [0.2, 0.25) is 0 Å². The molecule has 2 aromatic rings. The van der Waals surface area contributed by atoms with E-state index in [-0.39, 0.29) is 23.2 Å². The van der Waals surface area contributed by atoms with Crippen molar-refractivity contribution in [3.05, 3.63) is 46.2 Å². The lowest BCUT2D eigenvalue weighted by molar-refractivity contribution is 0.0940. The van der Waals surface area contributed by atoms with Crippen molar-refractivity contribution < 1.29 is 4.79 Å². The molecule has 23 heavy (non-hydrogen) atoms. The molecule has 1 amide bonds. The van der Waals surface area contributed by atoms with Crippen LogP contribution in [0, 0.1) is 0 Å². The number of aryl methyl sites for hydroxylation is 1. The van der Waals surface area contributed by atoms with Crippen molar-refractivity contribution in [3.8, 4) is 0 Å². The quantitative estimate of drug-likeness (QED) is 0.885. The minimum atomic E-state index is -0.287. The minimum Gasteiger partial charge on any atom is -0.349 e. The number of fused-ring (bicyclic) bond motifs is 1. The molecule has 120 valence electrons.